The summed E-state index contributed by atoms with van der Waals surface area (Å²) in [7, 11) is 0. The van der Waals surface area contributed by atoms with Crippen LogP contribution in [-0.4, -0.2) is 0 Å². The van der Waals surface area contributed by atoms with E-state index in [1.807, 2.05) is 0 Å². The van der Waals surface area contributed by atoms with Crippen molar-refractivity contribution >= 4 is 0 Å². The van der Waals surface area contributed by atoms with Crippen molar-refractivity contribution < 1.29 is 0 Å². The predicted octanol–water partition coefficient (Wildman–Crippen LogP) is 4.25. The molecule has 1 aliphatic carbocycles. The minimum Gasteiger partial charge on any atom is -0.0625 e. The Morgan fingerprint density at radius 1 is 0.917 bits per heavy atom. The molecule has 1 saturated carbocycles. The van der Waals surface area contributed by atoms with E-state index in [-0.39, 0.29) is 0 Å². The van der Waals surface area contributed by atoms with Crippen LogP contribution < -0.4 is 0 Å². The molecule has 72 valence electrons. The lowest BCUT2D eigenvalue weighted by molar-refractivity contribution is 0.217. The average Bonchev–Trinajstić information content (AvgIpc) is 1.96. The third-order valence-electron chi connectivity index (χ3n) is 3.53. The van der Waals surface area contributed by atoms with E-state index >= 15 is 0 Å². The van der Waals surface area contributed by atoms with Gasteiger partial charge in [0, 0.05) is 0 Å². The second kappa shape index (κ2) is 4.89. The third kappa shape index (κ3) is 2.80. The zero-order chi connectivity index (χ0) is 8.97. The van der Waals surface area contributed by atoms with Gasteiger partial charge in [0.25, 0.3) is 0 Å². The zero-order valence-electron chi connectivity index (χ0n) is 8.97. The zero-order valence-corrected chi connectivity index (χ0v) is 8.97. The smallest absolute Gasteiger partial charge is 0.0365 e. The summed E-state index contributed by atoms with van der Waals surface area (Å²) in [5.74, 6) is 2.88. The Bertz CT molecular complexity index is 115. The summed E-state index contributed by atoms with van der Waals surface area (Å²) < 4.78 is 0. The number of rotatable bonds is 1. The maximum Gasteiger partial charge on any atom is -0.0365 e. The molecule has 0 nitrogen and oxygen atoms in total. The van der Waals surface area contributed by atoms with E-state index < -0.39 is 0 Å². The van der Waals surface area contributed by atoms with Gasteiger partial charge in [0.05, 0.1) is 0 Å². The van der Waals surface area contributed by atoms with Crippen LogP contribution in [0.3, 0.4) is 0 Å². The minimum absolute atomic E-state index is 0.901. The highest BCUT2D eigenvalue weighted by molar-refractivity contribution is 4.72. The van der Waals surface area contributed by atoms with Crippen LogP contribution in [-0.2, 0) is 0 Å². The van der Waals surface area contributed by atoms with Crippen molar-refractivity contribution in [3.63, 3.8) is 0 Å². The van der Waals surface area contributed by atoms with Gasteiger partial charge >= 0.3 is 0 Å². The van der Waals surface area contributed by atoms with Crippen molar-refractivity contribution in [3.8, 4) is 0 Å². The fourth-order valence-corrected chi connectivity index (χ4v) is 2.69. The Morgan fingerprint density at radius 2 is 1.50 bits per heavy atom. The lowest BCUT2D eigenvalue weighted by Gasteiger charge is -2.29. The summed E-state index contributed by atoms with van der Waals surface area (Å²) in [5.41, 5.74) is 0. The van der Waals surface area contributed by atoms with Gasteiger partial charge in [0.2, 0.25) is 0 Å². The summed E-state index contributed by atoms with van der Waals surface area (Å²) in [4.78, 5) is 0. The molecule has 0 bridgehead atoms. The van der Waals surface area contributed by atoms with E-state index in [0.717, 1.165) is 17.8 Å². The van der Waals surface area contributed by atoms with Crippen LogP contribution in [0.1, 0.15) is 59.3 Å². The largest absolute Gasteiger partial charge is 0.0625 e. The molecule has 0 aliphatic heterocycles. The van der Waals surface area contributed by atoms with Crippen molar-refractivity contribution in [1.82, 2.24) is 0 Å². The molecule has 0 radical (unpaired) electrons. The van der Waals surface area contributed by atoms with E-state index in [1.165, 1.54) is 38.5 Å². The standard InChI is InChI=1S/C12H24/c1-10(2)12-9-7-5-4-6-8-11(12)3/h10-12H,4-9H2,1-3H3. The Morgan fingerprint density at radius 3 is 2.08 bits per heavy atom. The van der Waals surface area contributed by atoms with Crippen LogP contribution in [0.15, 0.2) is 0 Å². The fraction of sp³-hybridized carbons (Fsp3) is 1.00. The topological polar surface area (TPSA) is 0 Å². The van der Waals surface area contributed by atoms with Crippen LogP contribution in [0, 0.1) is 17.8 Å². The van der Waals surface area contributed by atoms with Crippen LogP contribution in [0.4, 0.5) is 0 Å². The number of hydrogen-bond acceptors (Lipinski definition) is 0. The van der Waals surface area contributed by atoms with Crippen molar-refractivity contribution in [2.45, 2.75) is 59.3 Å². The first kappa shape index (κ1) is 10.1. The Hall–Kier alpha value is 0. The first-order valence-corrected chi connectivity index (χ1v) is 5.72. The van der Waals surface area contributed by atoms with Gasteiger partial charge in [-0.1, -0.05) is 52.9 Å². The molecule has 0 aromatic carbocycles. The molecule has 1 aliphatic rings. The average molecular weight is 168 g/mol. The normalized spacial score (nSPS) is 33.0. The molecule has 2 atom stereocenters. The van der Waals surface area contributed by atoms with Gasteiger partial charge in [-0.15, -0.1) is 0 Å². The minimum atomic E-state index is 0.901. The summed E-state index contributed by atoms with van der Waals surface area (Å²) >= 11 is 0. The molecule has 0 aromatic heterocycles. The van der Waals surface area contributed by atoms with Crippen LogP contribution in [0.25, 0.3) is 0 Å². The molecule has 1 rings (SSSR count). The Kier molecular flexibility index (Phi) is 4.11. The fourth-order valence-electron chi connectivity index (χ4n) is 2.69. The quantitative estimate of drug-likeness (QED) is 0.549. The van der Waals surface area contributed by atoms with Crippen molar-refractivity contribution in [2.24, 2.45) is 17.8 Å². The SMILES string of the molecule is CC(C)C1CCCCCCC1C. The first-order valence-electron chi connectivity index (χ1n) is 5.72. The summed E-state index contributed by atoms with van der Waals surface area (Å²) in [5, 5.41) is 0. The molecular weight excluding hydrogens is 144 g/mol. The summed E-state index contributed by atoms with van der Waals surface area (Å²) in [6.07, 6.45) is 8.88. The molecular formula is C12H24. The van der Waals surface area contributed by atoms with Crippen molar-refractivity contribution in [3.05, 3.63) is 0 Å². The molecule has 0 heterocycles. The van der Waals surface area contributed by atoms with Gasteiger partial charge in [-0.05, 0) is 24.2 Å². The summed E-state index contributed by atoms with van der Waals surface area (Å²) in [6.45, 7) is 7.24. The van der Waals surface area contributed by atoms with E-state index in [1.54, 1.807) is 0 Å². The van der Waals surface area contributed by atoms with Gasteiger partial charge in [-0.3, -0.25) is 0 Å². The predicted molar refractivity (Wildman–Crippen MR) is 55.2 cm³/mol. The molecule has 0 saturated heterocycles. The van der Waals surface area contributed by atoms with E-state index in [2.05, 4.69) is 20.8 Å². The molecule has 2 unspecified atom stereocenters. The van der Waals surface area contributed by atoms with Crippen molar-refractivity contribution in [2.75, 3.05) is 0 Å². The van der Waals surface area contributed by atoms with Gasteiger partial charge in [-0.2, -0.15) is 0 Å². The maximum atomic E-state index is 2.45. The lowest BCUT2D eigenvalue weighted by Crippen LogP contribution is -2.19. The molecule has 1 fully saturated rings. The second-order valence-electron chi connectivity index (χ2n) is 4.88. The van der Waals surface area contributed by atoms with E-state index in [4.69, 9.17) is 0 Å². The number of hydrogen-bond donors (Lipinski definition) is 0. The molecule has 0 spiro atoms. The van der Waals surface area contributed by atoms with Gasteiger partial charge in [0.15, 0.2) is 0 Å². The van der Waals surface area contributed by atoms with Crippen LogP contribution in [0.2, 0.25) is 0 Å². The Labute approximate surface area is 77.7 Å². The molecule has 12 heavy (non-hydrogen) atoms. The molecule has 0 heteroatoms. The lowest BCUT2D eigenvalue weighted by atomic mass is 9.77. The van der Waals surface area contributed by atoms with Crippen LogP contribution >= 0.6 is 0 Å². The van der Waals surface area contributed by atoms with E-state index in [9.17, 15) is 0 Å². The third-order valence-corrected chi connectivity index (χ3v) is 3.53. The van der Waals surface area contributed by atoms with Crippen LogP contribution in [0.5, 0.6) is 0 Å². The summed E-state index contributed by atoms with van der Waals surface area (Å²) in [6, 6.07) is 0. The highest BCUT2D eigenvalue weighted by atomic mass is 14.3. The molecule has 0 amide bonds. The monoisotopic (exact) mass is 168 g/mol. The van der Waals surface area contributed by atoms with Gasteiger partial charge in [0.1, 0.15) is 0 Å². The first-order chi connectivity index (χ1) is 5.72. The van der Waals surface area contributed by atoms with E-state index in [0.29, 0.717) is 0 Å². The maximum absolute atomic E-state index is 2.45. The molecule has 0 N–H and O–H groups in total. The molecule has 0 aromatic rings. The highest BCUT2D eigenvalue weighted by Gasteiger charge is 2.21. The highest BCUT2D eigenvalue weighted by Crippen LogP contribution is 2.32. The van der Waals surface area contributed by atoms with Crippen molar-refractivity contribution in [1.29, 1.82) is 0 Å². The van der Waals surface area contributed by atoms with Gasteiger partial charge < -0.3 is 0 Å². The Balaban J connectivity index is 2.43. The van der Waals surface area contributed by atoms with Gasteiger partial charge in [-0.25, -0.2) is 0 Å². The second-order valence-corrected chi connectivity index (χ2v) is 4.88.